The monoisotopic (exact) mass is 272 g/mol. The summed E-state index contributed by atoms with van der Waals surface area (Å²) in [6.45, 7) is 0.215. The molecule has 1 unspecified atom stereocenters. The van der Waals surface area contributed by atoms with Crippen LogP contribution in [0.5, 0.6) is 0 Å². The van der Waals surface area contributed by atoms with Gasteiger partial charge >= 0.3 is 0 Å². The van der Waals surface area contributed by atoms with Gasteiger partial charge in [0.1, 0.15) is 6.04 Å². The number of amides is 2. The van der Waals surface area contributed by atoms with E-state index in [2.05, 4.69) is 5.32 Å². The molecule has 1 N–H and O–H groups in total. The third-order valence-electron chi connectivity index (χ3n) is 4.30. The maximum atomic E-state index is 12.7. The van der Waals surface area contributed by atoms with Crippen LogP contribution in [0.25, 0.3) is 0 Å². The van der Waals surface area contributed by atoms with Crippen LogP contribution >= 0.6 is 0 Å². The molecule has 1 heterocycles. The molecule has 1 saturated heterocycles. The van der Waals surface area contributed by atoms with Gasteiger partial charge in [-0.3, -0.25) is 9.59 Å². The lowest BCUT2D eigenvalue weighted by molar-refractivity contribution is -0.147. The third-order valence-corrected chi connectivity index (χ3v) is 4.30. The summed E-state index contributed by atoms with van der Waals surface area (Å²) in [7, 11) is 0. The first-order valence-corrected chi connectivity index (χ1v) is 7.40. The van der Waals surface area contributed by atoms with Gasteiger partial charge in [-0.25, -0.2) is 0 Å². The van der Waals surface area contributed by atoms with Crippen molar-refractivity contribution in [2.45, 2.75) is 44.2 Å². The zero-order valence-corrected chi connectivity index (χ0v) is 11.5. The van der Waals surface area contributed by atoms with E-state index in [4.69, 9.17) is 0 Å². The molecule has 3 rings (SSSR count). The van der Waals surface area contributed by atoms with E-state index >= 15 is 0 Å². The maximum Gasteiger partial charge on any atom is 0.250 e. The van der Waals surface area contributed by atoms with E-state index in [0.717, 1.165) is 31.2 Å². The lowest BCUT2D eigenvalue weighted by atomic mass is 9.92. The normalized spacial score (nSPS) is 24.6. The predicted octanol–water partition coefficient (Wildman–Crippen LogP) is 2.02. The number of carbonyl (C=O) groups is 2. The molecular formula is C16H20N2O2. The van der Waals surface area contributed by atoms with E-state index in [1.165, 1.54) is 6.42 Å². The molecule has 0 spiro atoms. The quantitative estimate of drug-likeness (QED) is 0.895. The number of hydrogen-bond acceptors (Lipinski definition) is 2. The average Bonchev–Trinajstić information content (AvgIpc) is 2.51. The van der Waals surface area contributed by atoms with Gasteiger partial charge in [0, 0.05) is 6.04 Å². The van der Waals surface area contributed by atoms with Crippen LogP contribution in [0.4, 0.5) is 0 Å². The summed E-state index contributed by atoms with van der Waals surface area (Å²) in [6.07, 6.45) is 5.62. The number of nitrogens with one attached hydrogen (secondary N) is 1. The van der Waals surface area contributed by atoms with E-state index in [9.17, 15) is 9.59 Å². The summed E-state index contributed by atoms with van der Waals surface area (Å²) in [5.41, 5.74) is 0.867. The standard InChI is InChI=1S/C16H20N2O2/c19-14-11-18(13-9-5-2-6-10-13)16(20)15(17-14)12-7-3-1-4-8-12/h1,3-4,7-8,13,15H,2,5-6,9-11H2,(H,17,19). The minimum atomic E-state index is -0.514. The van der Waals surface area contributed by atoms with Crippen molar-refractivity contribution in [2.24, 2.45) is 0 Å². The Morgan fingerprint density at radius 3 is 2.40 bits per heavy atom. The second-order valence-corrected chi connectivity index (χ2v) is 5.67. The number of benzene rings is 1. The van der Waals surface area contributed by atoms with Crippen molar-refractivity contribution >= 4 is 11.8 Å². The molecule has 0 aromatic heterocycles. The molecule has 1 atom stereocenters. The molecule has 0 bridgehead atoms. The summed E-state index contributed by atoms with van der Waals surface area (Å²) in [6, 6.07) is 9.23. The Balaban J connectivity index is 1.82. The summed E-state index contributed by atoms with van der Waals surface area (Å²) in [4.78, 5) is 26.4. The Morgan fingerprint density at radius 1 is 1.00 bits per heavy atom. The molecule has 2 amide bonds. The van der Waals surface area contributed by atoms with Gasteiger partial charge in [0.2, 0.25) is 5.91 Å². The highest BCUT2D eigenvalue weighted by molar-refractivity contribution is 5.95. The van der Waals surface area contributed by atoms with Crippen LogP contribution in [-0.4, -0.2) is 29.3 Å². The molecule has 1 aliphatic carbocycles. The summed E-state index contributed by atoms with van der Waals surface area (Å²) < 4.78 is 0. The predicted molar refractivity (Wildman–Crippen MR) is 75.9 cm³/mol. The highest BCUT2D eigenvalue weighted by atomic mass is 16.2. The van der Waals surface area contributed by atoms with Crippen LogP contribution < -0.4 is 5.32 Å². The van der Waals surface area contributed by atoms with Crippen molar-refractivity contribution < 1.29 is 9.59 Å². The van der Waals surface area contributed by atoms with E-state index < -0.39 is 6.04 Å². The van der Waals surface area contributed by atoms with Gasteiger partial charge in [0.25, 0.3) is 5.91 Å². The molecule has 0 radical (unpaired) electrons. The fourth-order valence-corrected chi connectivity index (χ4v) is 3.24. The molecule has 1 aliphatic heterocycles. The molecule has 1 aromatic carbocycles. The molecule has 1 saturated carbocycles. The number of carbonyl (C=O) groups excluding carboxylic acids is 2. The Bertz CT molecular complexity index is 494. The van der Waals surface area contributed by atoms with E-state index in [1.807, 2.05) is 30.3 Å². The number of hydrogen-bond donors (Lipinski definition) is 1. The van der Waals surface area contributed by atoms with Gasteiger partial charge in [0.05, 0.1) is 6.54 Å². The highest BCUT2D eigenvalue weighted by Gasteiger charge is 2.37. The van der Waals surface area contributed by atoms with Crippen molar-refractivity contribution in [2.75, 3.05) is 6.54 Å². The van der Waals surface area contributed by atoms with Crippen LogP contribution in [0.15, 0.2) is 30.3 Å². The first kappa shape index (κ1) is 13.2. The second-order valence-electron chi connectivity index (χ2n) is 5.67. The molecule has 2 aliphatic rings. The molecule has 2 fully saturated rings. The van der Waals surface area contributed by atoms with Crippen LogP contribution in [0, 0.1) is 0 Å². The maximum absolute atomic E-state index is 12.7. The topological polar surface area (TPSA) is 49.4 Å². The van der Waals surface area contributed by atoms with Gasteiger partial charge in [-0.05, 0) is 18.4 Å². The van der Waals surface area contributed by atoms with Crippen molar-refractivity contribution in [3.05, 3.63) is 35.9 Å². The fourth-order valence-electron chi connectivity index (χ4n) is 3.24. The smallest absolute Gasteiger partial charge is 0.250 e. The third kappa shape index (κ3) is 2.55. The average molecular weight is 272 g/mol. The lowest BCUT2D eigenvalue weighted by Gasteiger charge is -2.39. The molecule has 106 valence electrons. The number of piperazine rings is 1. The van der Waals surface area contributed by atoms with Crippen molar-refractivity contribution in [3.63, 3.8) is 0 Å². The van der Waals surface area contributed by atoms with Crippen molar-refractivity contribution in [1.29, 1.82) is 0 Å². The number of nitrogens with zero attached hydrogens (tertiary/aromatic N) is 1. The SMILES string of the molecule is O=C1CN(C2CCCCC2)C(=O)C(c2ccccc2)N1. The molecule has 4 nitrogen and oxygen atoms in total. The van der Waals surface area contributed by atoms with Crippen LogP contribution in [0.2, 0.25) is 0 Å². The minimum absolute atomic E-state index is 0.0442. The van der Waals surface area contributed by atoms with Gasteiger partial charge in [0.15, 0.2) is 0 Å². The second kappa shape index (κ2) is 5.65. The zero-order valence-electron chi connectivity index (χ0n) is 11.5. The molecule has 20 heavy (non-hydrogen) atoms. The van der Waals surface area contributed by atoms with Crippen LogP contribution in [0.1, 0.15) is 43.7 Å². The summed E-state index contributed by atoms with van der Waals surface area (Å²) in [5, 5.41) is 2.82. The van der Waals surface area contributed by atoms with Gasteiger partial charge in [-0.15, -0.1) is 0 Å². The van der Waals surface area contributed by atoms with Gasteiger partial charge in [-0.2, -0.15) is 0 Å². The van der Waals surface area contributed by atoms with Crippen molar-refractivity contribution in [1.82, 2.24) is 10.2 Å². The largest absolute Gasteiger partial charge is 0.339 e. The summed E-state index contributed by atoms with van der Waals surface area (Å²) in [5.74, 6) is -0.00766. The molecule has 4 heteroatoms. The Hall–Kier alpha value is -1.84. The van der Waals surface area contributed by atoms with Gasteiger partial charge in [-0.1, -0.05) is 49.6 Å². The number of rotatable bonds is 2. The van der Waals surface area contributed by atoms with E-state index in [1.54, 1.807) is 4.90 Å². The van der Waals surface area contributed by atoms with E-state index in [-0.39, 0.29) is 24.4 Å². The first-order chi connectivity index (χ1) is 9.75. The Morgan fingerprint density at radius 2 is 1.70 bits per heavy atom. The fraction of sp³-hybridized carbons (Fsp3) is 0.500. The van der Waals surface area contributed by atoms with Crippen LogP contribution in [0.3, 0.4) is 0 Å². The Kier molecular flexibility index (Phi) is 3.72. The Labute approximate surface area is 119 Å². The summed E-state index contributed by atoms with van der Waals surface area (Å²) >= 11 is 0. The molecular weight excluding hydrogens is 252 g/mol. The zero-order chi connectivity index (χ0) is 13.9. The first-order valence-electron chi connectivity index (χ1n) is 7.40. The van der Waals surface area contributed by atoms with E-state index in [0.29, 0.717) is 0 Å². The van der Waals surface area contributed by atoms with Gasteiger partial charge < -0.3 is 10.2 Å². The minimum Gasteiger partial charge on any atom is -0.339 e. The molecule has 1 aromatic rings. The van der Waals surface area contributed by atoms with Crippen LogP contribution in [-0.2, 0) is 9.59 Å². The van der Waals surface area contributed by atoms with Crippen molar-refractivity contribution in [3.8, 4) is 0 Å². The highest BCUT2D eigenvalue weighted by Crippen LogP contribution is 2.27. The lowest BCUT2D eigenvalue weighted by Crippen LogP contribution is -2.57.